The Labute approximate surface area is 104 Å². The van der Waals surface area contributed by atoms with Crippen molar-refractivity contribution < 1.29 is 19.4 Å². The van der Waals surface area contributed by atoms with E-state index in [1.54, 1.807) is 26.8 Å². The summed E-state index contributed by atoms with van der Waals surface area (Å²) in [6.07, 6.45) is 1.56. The Balaban J connectivity index is 0. The lowest BCUT2D eigenvalue weighted by Gasteiger charge is -2.15. The lowest BCUT2D eigenvalue weighted by molar-refractivity contribution is -0.151. The fraction of sp³-hybridized carbons (Fsp3) is 0.692. The van der Waals surface area contributed by atoms with Gasteiger partial charge in [0.25, 0.3) is 0 Å². The van der Waals surface area contributed by atoms with Gasteiger partial charge in [-0.3, -0.25) is 9.59 Å². The molecule has 0 aliphatic carbocycles. The molecule has 0 aliphatic rings. The highest BCUT2D eigenvalue weighted by Gasteiger charge is 2.22. The van der Waals surface area contributed by atoms with E-state index in [4.69, 9.17) is 9.84 Å². The second-order valence-electron chi connectivity index (χ2n) is 5.69. The van der Waals surface area contributed by atoms with Gasteiger partial charge in [-0.05, 0) is 41.5 Å². The number of hydrogen-bond acceptors (Lipinski definition) is 3. The number of carboxylic acids is 1. The molecule has 0 unspecified atom stereocenters. The number of carbonyl (C=O) groups is 2. The summed E-state index contributed by atoms with van der Waals surface area (Å²) < 4.78 is 4.80. The average Bonchev–Trinajstić information content (AvgIpc) is 2.11. The van der Waals surface area contributed by atoms with Crippen LogP contribution in [-0.2, 0) is 14.3 Å². The van der Waals surface area contributed by atoms with Crippen molar-refractivity contribution in [2.24, 2.45) is 10.8 Å². The third-order valence-corrected chi connectivity index (χ3v) is 1.59. The number of hydrogen-bond donors (Lipinski definition) is 1. The Morgan fingerprint density at radius 1 is 1.12 bits per heavy atom. The van der Waals surface area contributed by atoms with Crippen molar-refractivity contribution in [2.75, 3.05) is 6.61 Å². The highest BCUT2D eigenvalue weighted by Crippen LogP contribution is 2.14. The zero-order valence-electron chi connectivity index (χ0n) is 11.7. The molecule has 1 N–H and O–H groups in total. The molecule has 0 radical (unpaired) electrons. The second-order valence-corrected chi connectivity index (χ2v) is 5.69. The molecule has 0 aliphatic heterocycles. The maximum atomic E-state index is 11.0. The maximum Gasteiger partial charge on any atom is 0.311 e. The number of carboxylic acid groups (broad SMARTS) is 1. The standard InChI is InChI=1S/C8H14O2.C5H10O2/c1-5-6-10-7(9)8(2,3)4;1-5(2,3)4(6)7/h5H,1,6H2,2-4H3;1-3H3,(H,6,7). The molecule has 17 heavy (non-hydrogen) atoms. The predicted molar refractivity (Wildman–Crippen MR) is 67.7 cm³/mol. The van der Waals surface area contributed by atoms with Gasteiger partial charge in [-0.15, -0.1) is 0 Å². The first-order chi connectivity index (χ1) is 7.42. The molecule has 4 nitrogen and oxygen atoms in total. The lowest BCUT2D eigenvalue weighted by Crippen LogP contribution is -2.22. The van der Waals surface area contributed by atoms with E-state index in [9.17, 15) is 9.59 Å². The first-order valence-corrected chi connectivity index (χ1v) is 5.44. The van der Waals surface area contributed by atoms with Gasteiger partial charge in [0.2, 0.25) is 0 Å². The fourth-order valence-corrected chi connectivity index (χ4v) is 0.351. The van der Waals surface area contributed by atoms with E-state index in [1.165, 1.54) is 0 Å². The van der Waals surface area contributed by atoms with Gasteiger partial charge in [0, 0.05) is 0 Å². The molecule has 100 valence electrons. The molecular weight excluding hydrogens is 220 g/mol. The Morgan fingerprint density at radius 3 is 1.65 bits per heavy atom. The van der Waals surface area contributed by atoms with Gasteiger partial charge in [0.05, 0.1) is 10.8 Å². The lowest BCUT2D eigenvalue weighted by atomic mass is 9.97. The fourth-order valence-electron chi connectivity index (χ4n) is 0.351. The van der Waals surface area contributed by atoms with E-state index in [0.29, 0.717) is 6.61 Å². The molecule has 0 rings (SSSR count). The van der Waals surface area contributed by atoms with Crippen LogP contribution in [0.3, 0.4) is 0 Å². The van der Waals surface area contributed by atoms with Crippen molar-refractivity contribution in [2.45, 2.75) is 41.5 Å². The molecule has 4 heteroatoms. The van der Waals surface area contributed by atoms with Crippen molar-refractivity contribution in [3.8, 4) is 0 Å². The molecule has 0 bridgehead atoms. The van der Waals surface area contributed by atoms with Crippen LogP contribution >= 0.6 is 0 Å². The smallest absolute Gasteiger partial charge is 0.311 e. The highest BCUT2D eigenvalue weighted by molar-refractivity contribution is 5.75. The minimum atomic E-state index is -0.757. The number of ether oxygens (including phenoxy) is 1. The van der Waals surface area contributed by atoms with E-state index in [-0.39, 0.29) is 5.97 Å². The molecule has 0 spiro atoms. The monoisotopic (exact) mass is 244 g/mol. The summed E-state index contributed by atoms with van der Waals surface area (Å²) >= 11 is 0. The third-order valence-electron chi connectivity index (χ3n) is 1.59. The zero-order chi connectivity index (χ0) is 14.3. The molecule has 0 heterocycles. The number of carbonyl (C=O) groups excluding carboxylic acids is 1. The normalized spacial score (nSPS) is 10.9. The van der Waals surface area contributed by atoms with Crippen LogP contribution in [0.1, 0.15) is 41.5 Å². The summed E-state index contributed by atoms with van der Waals surface area (Å²) in [6, 6.07) is 0. The van der Waals surface area contributed by atoms with Gasteiger partial charge in [-0.1, -0.05) is 12.7 Å². The van der Waals surface area contributed by atoms with Crippen LogP contribution in [0.5, 0.6) is 0 Å². The minimum absolute atomic E-state index is 0.188. The first-order valence-electron chi connectivity index (χ1n) is 5.44. The number of esters is 1. The van der Waals surface area contributed by atoms with Crippen LogP contribution in [-0.4, -0.2) is 23.7 Å². The van der Waals surface area contributed by atoms with Crippen LogP contribution in [0.2, 0.25) is 0 Å². The maximum absolute atomic E-state index is 11.0. The van der Waals surface area contributed by atoms with Crippen LogP contribution in [0, 0.1) is 10.8 Å². The molecule has 0 aromatic carbocycles. The van der Waals surface area contributed by atoms with Crippen LogP contribution in [0.15, 0.2) is 12.7 Å². The predicted octanol–water partition coefficient (Wildman–Crippen LogP) is 2.88. The Morgan fingerprint density at radius 2 is 1.47 bits per heavy atom. The average molecular weight is 244 g/mol. The summed E-state index contributed by atoms with van der Waals surface area (Å²) in [5.41, 5.74) is -0.983. The van der Waals surface area contributed by atoms with Gasteiger partial charge >= 0.3 is 11.9 Å². The topological polar surface area (TPSA) is 63.6 Å². The van der Waals surface area contributed by atoms with Crippen LogP contribution in [0.25, 0.3) is 0 Å². The molecule has 0 amide bonds. The van der Waals surface area contributed by atoms with Crippen molar-refractivity contribution in [1.82, 2.24) is 0 Å². The van der Waals surface area contributed by atoms with Gasteiger partial charge < -0.3 is 9.84 Å². The highest BCUT2D eigenvalue weighted by atomic mass is 16.5. The molecular formula is C13H24O4. The van der Waals surface area contributed by atoms with Gasteiger partial charge in [0.15, 0.2) is 0 Å². The molecule has 0 saturated heterocycles. The van der Waals surface area contributed by atoms with Crippen LogP contribution < -0.4 is 0 Å². The van der Waals surface area contributed by atoms with Gasteiger partial charge in [-0.2, -0.15) is 0 Å². The van der Waals surface area contributed by atoms with Crippen molar-refractivity contribution in [3.63, 3.8) is 0 Å². The Kier molecular flexibility index (Phi) is 7.53. The summed E-state index contributed by atoms with van der Waals surface area (Å²) in [4.78, 5) is 21.0. The van der Waals surface area contributed by atoms with Crippen LogP contribution in [0.4, 0.5) is 0 Å². The van der Waals surface area contributed by atoms with Crippen molar-refractivity contribution in [1.29, 1.82) is 0 Å². The van der Waals surface area contributed by atoms with E-state index in [1.807, 2.05) is 20.8 Å². The van der Waals surface area contributed by atoms with E-state index in [0.717, 1.165) is 0 Å². The molecule has 0 atom stereocenters. The number of rotatable bonds is 2. The summed E-state index contributed by atoms with van der Waals surface area (Å²) in [5.74, 6) is -0.945. The molecule has 0 aromatic rings. The minimum Gasteiger partial charge on any atom is -0.481 e. The quantitative estimate of drug-likeness (QED) is 0.599. The van der Waals surface area contributed by atoms with Gasteiger partial charge in [0.1, 0.15) is 6.61 Å². The van der Waals surface area contributed by atoms with Crippen molar-refractivity contribution >= 4 is 11.9 Å². The van der Waals surface area contributed by atoms with Crippen molar-refractivity contribution in [3.05, 3.63) is 12.7 Å². The molecule has 0 aromatic heterocycles. The SMILES string of the molecule is C=CCOC(=O)C(C)(C)C.CC(C)(C)C(=O)O. The summed E-state index contributed by atoms with van der Waals surface area (Å²) in [5, 5.41) is 8.25. The third kappa shape index (κ3) is 11.0. The van der Waals surface area contributed by atoms with E-state index in [2.05, 4.69) is 6.58 Å². The Bertz CT molecular complexity index is 266. The van der Waals surface area contributed by atoms with E-state index >= 15 is 0 Å². The van der Waals surface area contributed by atoms with Gasteiger partial charge in [-0.25, -0.2) is 0 Å². The largest absolute Gasteiger partial charge is 0.481 e. The number of aliphatic carboxylic acids is 1. The summed E-state index contributed by atoms with van der Waals surface area (Å²) in [6.45, 7) is 14.2. The Hall–Kier alpha value is -1.32. The first kappa shape index (κ1) is 18.1. The van der Waals surface area contributed by atoms with E-state index < -0.39 is 16.8 Å². The zero-order valence-corrected chi connectivity index (χ0v) is 11.7. The molecule has 0 saturated carbocycles. The molecule has 0 fully saturated rings. The summed E-state index contributed by atoms with van der Waals surface area (Å²) in [7, 11) is 0. The second kappa shape index (κ2) is 7.09.